The van der Waals surface area contributed by atoms with Crippen LogP contribution in [0.1, 0.15) is 152 Å². The van der Waals surface area contributed by atoms with Gasteiger partial charge in [0.1, 0.15) is 51.2 Å². The number of fused-ring (bicyclic) bond motifs is 13. The van der Waals surface area contributed by atoms with Gasteiger partial charge >= 0.3 is 5.97 Å². The molecule has 418 valence electrons. The van der Waals surface area contributed by atoms with Crippen molar-refractivity contribution in [2.75, 3.05) is 34.3 Å². The van der Waals surface area contributed by atoms with Crippen molar-refractivity contribution in [1.82, 2.24) is 99.4 Å². The highest BCUT2D eigenvalue weighted by atomic mass is 16.4. The van der Waals surface area contributed by atoms with Crippen molar-refractivity contribution in [3.8, 4) is 0 Å². The van der Waals surface area contributed by atoms with E-state index < -0.39 is 5.97 Å². The molecule has 14 heterocycles. The molecule has 8 bridgehead atoms. The summed E-state index contributed by atoms with van der Waals surface area (Å²) in [6, 6.07) is 6.29. The van der Waals surface area contributed by atoms with E-state index in [-0.39, 0.29) is 61.1 Å². The number of carbonyl (C=O) groups is 3. The Morgan fingerprint density at radius 3 is 1.50 bits per heavy atom. The molecule has 2 amide bonds. The molecule has 0 saturated carbocycles. The van der Waals surface area contributed by atoms with E-state index in [0.717, 1.165) is 119 Å². The minimum absolute atomic E-state index is 0. The van der Waals surface area contributed by atoms with Gasteiger partial charge in [0.05, 0.1) is 55.3 Å². The molecule has 9 aromatic rings. The van der Waals surface area contributed by atoms with Crippen LogP contribution in [0.25, 0.3) is 16.9 Å². The summed E-state index contributed by atoms with van der Waals surface area (Å²) in [5, 5.41) is 53.8. The van der Waals surface area contributed by atoms with Gasteiger partial charge in [-0.2, -0.15) is 15.3 Å². The number of nitrogens with one attached hydrogen (secondary N) is 2. The lowest BCUT2D eigenvalue weighted by atomic mass is 10.1. The van der Waals surface area contributed by atoms with E-state index in [4.69, 9.17) is 15.7 Å². The maximum atomic E-state index is 12.7. The molecule has 3 saturated heterocycles. The predicted octanol–water partition coefficient (Wildman–Crippen LogP) is 4.10. The van der Waals surface area contributed by atoms with E-state index in [1.165, 1.54) is 10.7 Å². The van der Waals surface area contributed by atoms with Crippen LogP contribution in [0.5, 0.6) is 0 Å². The van der Waals surface area contributed by atoms with Gasteiger partial charge in [0, 0.05) is 76.0 Å². The van der Waals surface area contributed by atoms with E-state index in [1.54, 1.807) is 27.6 Å². The molecular formula is C52H66N24O4. The van der Waals surface area contributed by atoms with Gasteiger partial charge in [0.25, 0.3) is 11.8 Å². The van der Waals surface area contributed by atoms with E-state index in [9.17, 15) is 19.5 Å². The summed E-state index contributed by atoms with van der Waals surface area (Å²) in [4.78, 5) is 57.4. The summed E-state index contributed by atoms with van der Waals surface area (Å²) >= 11 is 0. The van der Waals surface area contributed by atoms with Crippen LogP contribution in [-0.2, 0) is 19.6 Å². The number of aromatic carboxylic acids is 1. The quantitative estimate of drug-likeness (QED) is 0.182. The first-order valence-corrected chi connectivity index (χ1v) is 27.0. The molecule has 0 aromatic carbocycles. The molecular weight excluding hydrogens is 1020 g/mol. The largest absolute Gasteiger partial charge is 0.477 e. The van der Waals surface area contributed by atoms with Crippen LogP contribution >= 0.6 is 0 Å². The topological polar surface area (TPSA) is 314 Å². The van der Waals surface area contributed by atoms with E-state index in [0.29, 0.717) is 41.2 Å². The fourth-order valence-corrected chi connectivity index (χ4v) is 11.0. The molecule has 80 heavy (non-hydrogen) atoms. The Labute approximate surface area is 459 Å². The lowest BCUT2D eigenvalue weighted by molar-refractivity contribution is 0.0698. The highest BCUT2D eigenvalue weighted by molar-refractivity contribution is 6.00. The molecule has 9 aromatic heterocycles. The number of hydrogen-bond donors (Lipinski definition) is 4. The maximum absolute atomic E-state index is 12.7. The molecule has 14 rings (SSSR count). The third kappa shape index (κ3) is 10.7. The molecule has 0 radical (unpaired) electrons. The van der Waals surface area contributed by atoms with E-state index >= 15 is 0 Å². The number of anilines is 3. The van der Waals surface area contributed by atoms with Crippen LogP contribution in [0.2, 0.25) is 0 Å². The van der Waals surface area contributed by atoms with Crippen LogP contribution in [-0.4, -0.2) is 149 Å². The molecule has 5 aliphatic heterocycles. The number of carbonyl (C=O) groups excluding carboxylic acids is 2. The normalized spacial score (nSPS) is 21.2. The molecule has 0 spiro atoms. The number of rotatable bonds is 6. The van der Waals surface area contributed by atoms with Crippen molar-refractivity contribution < 1.29 is 19.5 Å². The second-order valence-corrected chi connectivity index (χ2v) is 21.0. The van der Waals surface area contributed by atoms with Crippen molar-refractivity contribution in [2.24, 2.45) is 5.73 Å². The minimum Gasteiger partial charge on any atom is -0.477 e. The molecule has 28 nitrogen and oxygen atoms in total. The lowest BCUT2D eigenvalue weighted by Crippen LogP contribution is -2.33. The summed E-state index contributed by atoms with van der Waals surface area (Å²) < 4.78 is 10.3. The number of aromatic nitrogens is 18. The van der Waals surface area contributed by atoms with Crippen LogP contribution < -0.4 is 31.1 Å². The lowest BCUT2D eigenvalue weighted by Gasteiger charge is -2.24. The number of aryl methyl sites for hydroxylation is 3. The first-order chi connectivity index (χ1) is 38.4. The zero-order valence-electron chi connectivity index (χ0n) is 44.1. The first kappa shape index (κ1) is 53.1. The predicted molar refractivity (Wildman–Crippen MR) is 292 cm³/mol. The molecule has 5 N–H and O–H groups in total. The van der Waals surface area contributed by atoms with Crippen LogP contribution in [0, 0.1) is 0 Å². The molecule has 6 atom stereocenters. The van der Waals surface area contributed by atoms with Gasteiger partial charge in [0.2, 0.25) is 0 Å². The van der Waals surface area contributed by atoms with Gasteiger partial charge in [-0.25, -0.2) is 33.3 Å². The second kappa shape index (κ2) is 22.4. The zero-order chi connectivity index (χ0) is 54.3. The highest BCUT2D eigenvalue weighted by Crippen LogP contribution is 2.37. The molecule has 1 unspecified atom stereocenters. The van der Waals surface area contributed by atoms with Crippen molar-refractivity contribution in [3.63, 3.8) is 0 Å². The first-order valence-electron chi connectivity index (χ1n) is 27.0. The summed E-state index contributed by atoms with van der Waals surface area (Å²) in [6.45, 7) is 10.8. The van der Waals surface area contributed by atoms with Gasteiger partial charge in [-0.15, -0.1) is 15.3 Å². The van der Waals surface area contributed by atoms with Crippen LogP contribution in [0.15, 0.2) is 74.0 Å². The number of carboxylic acid groups (broad SMARTS) is 1. The Morgan fingerprint density at radius 2 is 1.04 bits per heavy atom. The van der Waals surface area contributed by atoms with E-state index in [2.05, 4.69) is 76.5 Å². The van der Waals surface area contributed by atoms with Crippen LogP contribution in [0.4, 0.5) is 17.5 Å². The summed E-state index contributed by atoms with van der Waals surface area (Å²) in [7, 11) is 0. The summed E-state index contributed by atoms with van der Waals surface area (Å²) in [5.74, 6) is 1.07. The minimum atomic E-state index is -1.04. The fourth-order valence-electron chi connectivity index (χ4n) is 11.0. The smallest absolute Gasteiger partial charge is 0.341 e. The average Bonchev–Trinajstić information content (AvgIpc) is 4.33. The molecule has 28 heteroatoms. The zero-order valence-corrected chi connectivity index (χ0v) is 44.1. The average molecular weight is 1090 g/mol. The third-order valence-corrected chi connectivity index (χ3v) is 15.3. The third-order valence-electron chi connectivity index (χ3n) is 15.3. The van der Waals surface area contributed by atoms with E-state index in [1.807, 2.05) is 84.0 Å². The Balaban J connectivity index is 0.000000126. The Bertz CT molecular complexity index is 3510. The van der Waals surface area contributed by atoms with Crippen molar-refractivity contribution in [2.45, 2.75) is 142 Å². The van der Waals surface area contributed by atoms with Crippen LogP contribution in [0.3, 0.4) is 0 Å². The van der Waals surface area contributed by atoms with Gasteiger partial charge in [0.15, 0.2) is 16.9 Å². The summed E-state index contributed by atoms with van der Waals surface area (Å²) in [6.07, 6.45) is 24.5. The maximum Gasteiger partial charge on any atom is 0.341 e. The number of carboxylic acids is 1. The van der Waals surface area contributed by atoms with Gasteiger partial charge in [-0.05, 0) is 96.8 Å². The number of nitrogens with two attached hydrogens (primary N) is 1. The van der Waals surface area contributed by atoms with Crippen molar-refractivity contribution >= 4 is 52.2 Å². The van der Waals surface area contributed by atoms with Gasteiger partial charge in [-0.3, -0.25) is 23.6 Å². The number of nitrogens with zero attached hydrogens (tertiary/aromatic N) is 21. The van der Waals surface area contributed by atoms with Crippen molar-refractivity contribution in [3.05, 3.63) is 108 Å². The standard InChI is InChI=1S/C17H22N8O2.2C17H20N8O.CH4/c1-11(18)4-7-23-10-13(21-22-23)14-3-2-6-24(14)15-5-8-25-16(20-15)12(9-19-25)17(26)27;2*1-11-4-7-23-10-13(21-22-23)14-3-2-6-24(14)15-5-8-25-16(20-15)12(9-18-25)17(26)19-11;/h5,8-11,14H,2-4,6-7,18H2,1H3,(H,26,27);2*5,8-11,14H,2-4,6-7H2,1H3,(H,19,26);1H4/t11-,14?;11-,14+;11-,14-;/m111./s1. The van der Waals surface area contributed by atoms with Crippen molar-refractivity contribution in [1.29, 1.82) is 0 Å². The monoisotopic (exact) mass is 1090 g/mol. The second-order valence-electron chi connectivity index (χ2n) is 21.0. The number of hydrogen-bond acceptors (Lipinski definition) is 19. The molecule has 0 aliphatic carbocycles. The Hall–Kier alpha value is -8.95. The van der Waals surface area contributed by atoms with Gasteiger partial charge < -0.3 is 36.2 Å². The SMILES string of the molecule is C.C[C@@H](N)CCn1cc(C2CCCN2c2ccn3ncc(C(=O)O)c3n2)nn1.C[C@@H]1CCn2cc(nn2)[C@@H]2CCCN2c2ccn3ncc(c3n2)C(=O)N1.C[C@@H]1CCn2cc(nn2)[C@H]2CCCN2c2ccn3ncc(c3n2)C(=O)N1. The Kier molecular flexibility index (Phi) is 14.9. The fraction of sp³-hybridized carbons (Fsp3) is 0.481. The highest BCUT2D eigenvalue weighted by Gasteiger charge is 2.34. The molecule has 3 fully saturated rings. The molecule has 5 aliphatic rings. The summed E-state index contributed by atoms with van der Waals surface area (Å²) in [5.41, 5.74) is 11.3. The Morgan fingerprint density at radius 1 is 0.613 bits per heavy atom. The number of amides is 2. The van der Waals surface area contributed by atoms with Gasteiger partial charge in [-0.1, -0.05) is 23.1 Å².